The lowest BCUT2D eigenvalue weighted by molar-refractivity contribution is -0.143. The van der Waals surface area contributed by atoms with Crippen LogP contribution < -0.4 is 5.32 Å². The zero-order valence-electron chi connectivity index (χ0n) is 16.9. The van der Waals surface area contributed by atoms with Crippen LogP contribution in [0.2, 0.25) is 0 Å². The Balaban J connectivity index is 1.90. The SMILES string of the molecule is CNCC1(c2cn([C@H](C(=O)N3C[C@H](O)C[C@H]3C(C)=O)C(C)(C)C)nn2)CC1. The summed E-state index contributed by atoms with van der Waals surface area (Å²) in [7, 11) is 1.92. The lowest BCUT2D eigenvalue weighted by atomic mass is 9.85. The first-order valence-corrected chi connectivity index (χ1v) is 9.65. The predicted molar refractivity (Wildman–Crippen MR) is 100 cm³/mol. The summed E-state index contributed by atoms with van der Waals surface area (Å²) in [5.41, 5.74) is 0.504. The van der Waals surface area contributed by atoms with Crippen LogP contribution in [0.15, 0.2) is 6.20 Å². The second-order valence-electron chi connectivity index (χ2n) is 9.17. The van der Waals surface area contributed by atoms with E-state index in [1.165, 1.54) is 11.8 Å². The van der Waals surface area contributed by atoms with Crippen LogP contribution in [0.25, 0.3) is 0 Å². The highest BCUT2D eigenvalue weighted by atomic mass is 16.3. The van der Waals surface area contributed by atoms with E-state index in [9.17, 15) is 14.7 Å². The number of nitrogens with zero attached hydrogens (tertiary/aromatic N) is 4. The van der Waals surface area contributed by atoms with E-state index >= 15 is 0 Å². The van der Waals surface area contributed by atoms with E-state index in [4.69, 9.17) is 0 Å². The summed E-state index contributed by atoms with van der Waals surface area (Å²) in [6, 6.07) is -1.16. The topological polar surface area (TPSA) is 100 Å². The summed E-state index contributed by atoms with van der Waals surface area (Å²) in [5.74, 6) is -0.285. The van der Waals surface area contributed by atoms with E-state index in [2.05, 4.69) is 15.6 Å². The maximum Gasteiger partial charge on any atom is 0.248 e. The third kappa shape index (κ3) is 3.78. The van der Waals surface area contributed by atoms with Gasteiger partial charge >= 0.3 is 0 Å². The van der Waals surface area contributed by atoms with Crippen molar-refractivity contribution in [2.24, 2.45) is 5.41 Å². The van der Waals surface area contributed by atoms with Crippen molar-refractivity contribution >= 4 is 11.7 Å². The van der Waals surface area contributed by atoms with Gasteiger partial charge in [-0.15, -0.1) is 5.10 Å². The van der Waals surface area contributed by atoms with E-state index in [1.807, 2.05) is 34.0 Å². The molecule has 2 aliphatic rings. The summed E-state index contributed by atoms with van der Waals surface area (Å²) in [4.78, 5) is 26.9. The molecule has 0 radical (unpaired) electrons. The molecule has 3 atom stereocenters. The minimum atomic E-state index is -0.667. The molecule has 3 rings (SSSR count). The van der Waals surface area contributed by atoms with Crippen LogP contribution in [-0.4, -0.2) is 69.0 Å². The largest absolute Gasteiger partial charge is 0.391 e. The summed E-state index contributed by atoms with van der Waals surface area (Å²) in [6.07, 6.45) is 3.64. The number of carbonyl (C=O) groups excluding carboxylic acids is 2. The first-order valence-electron chi connectivity index (χ1n) is 9.65. The number of likely N-dealkylation sites (tertiary alicyclic amines) is 1. The second-order valence-corrected chi connectivity index (χ2v) is 9.17. The monoisotopic (exact) mass is 377 g/mol. The number of carbonyl (C=O) groups is 2. The lowest BCUT2D eigenvalue weighted by Gasteiger charge is -2.34. The molecule has 150 valence electrons. The molecule has 2 N–H and O–H groups in total. The summed E-state index contributed by atoms with van der Waals surface area (Å²) in [6.45, 7) is 8.43. The molecule has 1 saturated carbocycles. The van der Waals surface area contributed by atoms with Gasteiger partial charge in [-0.1, -0.05) is 26.0 Å². The van der Waals surface area contributed by atoms with Crippen LogP contribution in [0, 0.1) is 5.41 Å². The molecular formula is C19H31N5O3. The number of aromatic nitrogens is 3. The molecule has 1 amide bonds. The van der Waals surface area contributed by atoms with E-state index in [1.54, 1.807) is 4.68 Å². The number of ketones is 1. The zero-order chi connectivity index (χ0) is 20.0. The molecule has 0 spiro atoms. The van der Waals surface area contributed by atoms with Gasteiger partial charge in [-0.2, -0.15) is 0 Å². The van der Waals surface area contributed by atoms with E-state index in [0.717, 1.165) is 25.1 Å². The maximum atomic E-state index is 13.4. The highest BCUT2D eigenvalue weighted by Crippen LogP contribution is 2.47. The highest BCUT2D eigenvalue weighted by molar-refractivity contribution is 5.90. The zero-order valence-corrected chi connectivity index (χ0v) is 16.9. The molecule has 0 unspecified atom stereocenters. The minimum Gasteiger partial charge on any atom is -0.391 e. The number of nitrogens with one attached hydrogen (secondary N) is 1. The molecule has 1 aliphatic heterocycles. The minimum absolute atomic E-state index is 0.0181. The number of aliphatic hydroxyl groups excluding tert-OH is 1. The summed E-state index contributed by atoms with van der Waals surface area (Å²) in [5, 5.41) is 21.9. The van der Waals surface area contributed by atoms with Gasteiger partial charge in [-0.3, -0.25) is 9.59 Å². The van der Waals surface area contributed by atoms with Gasteiger partial charge in [0.15, 0.2) is 5.78 Å². The van der Waals surface area contributed by atoms with Crippen molar-refractivity contribution in [2.75, 3.05) is 20.1 Å². The third-order valence-electron chi connectivity index (χ3n) is 5.77. The van der Waals surface area contributed by atoms with Crippen molar-refractivity contribution in [2.45, 2.75) is 70.6 Å². The van der Waals surface area contributed by atoms with Gasteiger partial charge in [0.25, 0.3) is 0 Å². The van der Waals surface area contributed by atoms with Crippen molar-refractivity contribution in [3.05, 3.63) is 11.9 Å². The van der Waals surface area contributed by atoms with Crippen LogP contribution in [0.1, 0.15) is 58.7 Å². The van der Waals surface area contributed by atoms with Crippen molar-refractivity contribution in [3.63, 3.8) is 0 Å². The summed E-state index contributed by atoms with van der Waals surface area (Å²) >= 11 is 0. The van der Waals surface area contributed by atoms with Gasteiger partial charge in [0.2, 0.25) is 5.91 Å². The molecule has 0 aromatic carbocycles. The number of amides is 1. The van der Waals surface area contributed by atoms with Gasteiger partial charge in [0, 0.05) is 31.1 Å². The predicted octanol–water partition coefficient (Wildman–Crippen LogP) is 0.667. The van der Waals surface area contributed by atoms with Crippen LogP contribution in [0.3, 0.4) is 0 Å². The Morgan fingerprint density at radius 2 is 2.07 bits per heavy atom. The van der Waals surface area contributed by atoms with Crippen LogP contribution in [-0.2, 0) is 15.0 Å². The van der Waals surface area contributed by atoms with Gasteiger partial charge in [0.1, 0.15) is 6.04 Å². The van der Waals surface area contributed by atoms with Gasteiger partial charge in [0.05, 0.1) is 17.8 Å². The number of β-amino-alcohol motifs (C(OH)–C–C–N with tert-alkyl or cyclic N) is 1. The van der Waals surface area contributed by atoms with E-state index < -0.39 is 23.6 Å². The van der Waals surface area contributed by atoms with Gasteiger partial charge < -0.3 is 15.3 Å². The number of rotatable bonds is 6. The Kier molecular flexibility index (Phi) is 5.16. The molecule has 8 nitrogen and oxygen atoms in total. The molecule has 2 heterocycles. The lowest BCUT2D eigenvalue weighted by Crippen LogP contribution is -2.47. The van der Waals surface area contributed by atoms with Crippen molar-refractivity contribution < 1.29 is 14.7 Å². The van der Waals surface area contributed by atoms with Gasteiger partial charge in [-0.25, -0.2) is 4.68 Å². The second kappa shape index (κ2) is 6.98. The number of aliphatic hydroxyl groups is 1. The standard InChI is InChI=1S/C19H31N5O3/c1-12(25)14-8-13(26)9-23(14)17(27)16(18(2,3)4)24-10-15(21-22-24)19(6-7-19)11-20-5/h10,13-14,16,20,26H,6-9,11H2,1-5H3/t13-,14+,16-/m1/s1. The van der Waals surface area contributed by atoms with Crippen molar-refractivity contribution in [1.82, 2.24) is 25.2 Å². The Bertz CT molecular complexity index is 719. The fourth-order valence-electron chi connectivity index (χ4n) is 4.14. The van der Waals surface area contributed by atoms with Gasteiger partial charge in [-0.05, 0) is 32.2 Å². The molecule has 1 aromatic rings. The first kappa shape index (κ1) is 19.9. The molecule has 0 bridgehead atoms. The average molecular weight is 377 g/mol. The Morgan fingerprint density at radius 1 is 1.41 bits per heavy atom. The first-order chi connectivity index (χ1) is 12.6. The summed E-state index contributed by atoms with van der Waals surface area (Å²) < 4.78 is 1.65. The normalized spacial score (nSPS) is 25.5. The molecule has 1 saturated heterocycles. The van der Waals surface area contributed by atoms with Crippen molar-refractivity contribution in [1.29, 1.82) is 0 Å². The smallest absolute Gasteiger partial charge is 0.248 e. The van der Waals surface area contributed by atoms with Crippen LogP contribution >= 0.6 is 0 Å². The fraction of sp³-hybridized carbons (Fsp3) is 0.789. The maximum absolute atomic E-state index is 13.4. The van der Waals surface area contributed by atoms with E-state index in [0.29, 0.717) is 6.42 Å². The molecule has 2 fully saturated rings. The molecular weight excluding hydrogens is 346 g/mol. The molecule has 8 heteroatoms. The quantitative estimate of drug-likeness (QED) is 0.756. The number of likely N-dealkylation sites (N-methyl/N-ethyl adjacent to an activating group) is 1. The Labute approximate surface area is 160 Å². The van der Waals surface area contributed by atoms with Crippen LogP contribution in [0.5, 0.6) is 0 Å². The fourth-order valence-corrected chi connectivity index (χ4v) is 4.14. The number of hydrogen-bond acceptors (Lipinski definition) is 6. The third-order valence-corrected chi connectivity index (χ3v) is 5.77. The number of Topliss-reactive ketones (excluding diaryl/α,β-unsaturated/α-hetero) is 1. The molecule has 27 heavy (non-hydrogen) atoms. The number of hydrogen-bond donors (Lipinski definition) is 2. The van der Waals surface area contributed by atoms with Crippen molar-refractivity contribution in [3.8, 4) is 0 Å². The highest BCUT2D eigenvalue weighted by Gasteiger charge is 2.48. The average Bonchev–Trinajstić information content (AvgIpc) is 3.00. The Morgan fingerprint density at radius 3 is 2.59 bits per heavy atom. The molecule has 1 aromatic heterocycles. The van der Waals surface area contributed by atoms with Crippen LogP contribution in [0.4, 0.5) is 0 Å². The van der Waals surface area contributed by atoms with E-state index in [-0.39, 0.29) is 23.7 Å². The molecule has 1 aliphatic carbocycles. The Hall–Kier alpha value is -1.80.